The van der Waals surface area contributed by atoms with Crippen LogP contribution in [0.1, 0.15) is 35.4 Å². The average Bonchev–Trinajstić information content (AvgIpc) is 3.43. The molecular formula is C19H23N7O3. The highest BCUT2D eigenvalue weighted by Crippen LogP contribution is 2.27. The maximum atomic E-state index is 13.2. The van der Waals surface area contributed by atoms with Crippen LogP contribution in [0.2, 0.25) is 0 Å². The van der Waals surface area contributed by atoms with Crippen LogP contribution in [-0.2, 0) is 17.8 Å². The molecule has 2 aromatic heterocycles. The van der Waals surface area contributed by atoms with E-state index in [0.717, 1.165) is 42.5 Å². The summed E-state index contributed by atoms with van der Waals surface area (Å²) in [5.74, 6) is -0.128. The molecule has 29 heavy (non-hydrogen) atoms. The van der Waals surface area contributed by atoms with Crippen molar-refractivity contribution in [1.82, 2.24) is 30.1 Å². The minimum Gasteiger partial charge on any atom is -0.391 e. The zero-order valence-corrected chi connectivity index (χ0v) is 15.9. The van der Waals surface area contributed by atoms with Crippen LogP contribution in [0.3, 0.4) is 0 Å². The zero-order valence-electron chi connectivity index (χ0n) is 15.9. The van der Waals surface area contributed by atoms with Gasteiger partial charge in [0.15, 0.2) is 0 Å². The molecule has 1 fully saturated rings. The number of aromatic nitrogens is 5. The SMILES string of the molecule is NC(=O)C1CC(O)CN1C(=O)c1cn(CCCCc2nnn[nH]2)c2ccccc12. The second-order valence-corrected chi connectivity index (χ2v) is 7.32. The summed E-state index contributed by atoms with van der Waals surface area (Å²) < 4.78 is 2.05. The summed E-state index contributed by atoms with van der Waals surface area (Å²) >= 11 is 0. The lowest BCUT2D eigenvalue weighted by molar-refractivity contribution is -0.121. The van der Waals surface area contributed by atoms with Crippen molar-refractivity contribution in [1.29, 1.82) is 0 Å². The Morgan fingerprint density at radius 1 is 1.28 bits per heavy atom. The second kappa shape index (κ2) is 8.00. The molecule has 1 aliphatic heterocycles. The first-order chi connectivity index (χ1) is 14.0. The Balaban J connectivity index is 1.54. The van der Waals surface area contributed by atoms with Gasteiger partial charge >= 0.3 is 0 Å². The molecule has 152 valence electrons. The molecule has 1 saturated heterocycles. The minimum absolute atomic E-state index is 0.108. The van der Waals surface area contributed by atoms with Crippen LogP contribution in [0.25, 0.3) is 10.9 Å². The number of aryl methyl sites for hydroxylation is 2. The normalized spacial score (nSPS) is 19.1. The van der Waals surface area contributed by atoms with Gasteiger partial charge in [-0.05, 0) is 29.3 Å². The van der Waals surface area contributed by atoms with Crippen molar-refractivity contribution < 1.29 is 14.7 Å². The molecule has 4 N–H and O–H groups in total. The maximum Gasteiger partial charge on any atom is 0.256 e. The number of unbranched alkanes of at least 4 members (excludes halogenated alkanes) is 1. The fraction of sp³-hybridized carbons (Fsp3) is 0.421. The first-order valence-corrected chi connectivity index (χ1v) is 9.63. The van der Waals surface area contributed by atoms with Gasteiger partial charge < -0.3 is 20.3 Å². The predicted molar refractivity (Wildman–Crippen MR) is 104 cm³/mol. The molecule has 2 atom stereocenters. The molecule has 0 radical (unpaired) electrons. The third kappa shape index (κ3) is 3.83. The number of aliphatic hydroxyl groups is 1. The molecule has 1 aromatic carbocycles. The van der Waals surface area contributed by atoms with Crippen LogP contribution in [-0.4, -0.2) is 65.7 Å². The van der Waals surface area contributed by atoms with Crippen LogP contribution in [0.5, 0.6) is 0 Å². The molecule has 2 unspecified atom stereocenters. The number of benzene rings is 1. The molecule has 2 amide bonds. The van der Waals surface area contributed by atoms with Gasteiger partial charge in [0, 0.05) is 43.0 Å². The first kappa shape index (κ1) is 19.1. The van der Waals surface area contributed by atoms with Crippen molar-refractivity contribution in [2.75, 3.05) is 6.54 Å². The third-order valence-electron chi connectivity index (χ3n) is 5.34. The number of rotatable bonds is 7. The number of aliphatic hydroxyl groups excluding tert-OH is 1. The number of fused-ring (bicyclic) bond motifs is 1. The van der Waals surface area contributed by atoms with Crippen molar-refractivity contribution in [3.63, 3.8) is 0 Å². The number of H-pyrrole nitrogens is 1. The van der Waals surface area contributed by atoms with E-state index in [1.807, 2.05) is 35.0 Å². The molecule has 10 nitrogen and oxygen atoms in total. The van der Waals surface area contributed by atoms with Gasteiger partial charge in [0.1, 0.15) is 11.9 Å². The first-order valence-electron chi connectivity index (χ1n) is 9.63. The molecule has 3 heterocycles. The minimum atomic E-state index is -0.782. The van der Waals surface area contributed by atoms with Crippen molar-refractivity contribution in [2.24, 2.45) is 5.73 Å². The van der Waals surface area contributed by atoms with Gasteiger partial charge in [-0.2, -0.15) is 0 Å². The van der Waals surface area contributed by atoms with Gasteiger partial charge in [-0.25, -0.2) is 5.10 Å². The molecule has 0 aliphatic carbocycles. The number of nitrogens with zero attached hydrogens (tertiary/aromatic N) is 5. The van der Waals surface area contributed by atoms with E-state index in [-0.39, 0.29) is 18.9 Å². The lowest BCUT2D eigenvalue weighted by Crippen LogP contribution is -2.43. The number of para-hydroxylation sites is 1. The Kier molecular flexibility index (Phi) is 5.26. The van der Waals surface area contributed by atoms with Gasteiger partial charge in [-0.15, -0.1) is 5.10 Å². The maximum absolute atomic E-state index is 13.2. The van der Waals surface area contributed by atoms with E-state index in [0.29, 0.717) is 5.56 Å². The largest absolute Gasteiger partial charge is 0.391 e. The highest BCUT2D eigenvalue weighted by Gasteiger charge is 2.38. The quantitative estimate of drug-likeness (QED) is 0.487. The summed E-state index contributed by atoms with van der Waals surface area (Å²) in [6.45, 7) is 0.842. The number of carbonyl (C=O) groups is 2. The van der Waals surface area contributed by atoms with Gasteiger partial charge in [0.05, 0.1) is 11.7 Å². The van der Waals surface area contributed by atoms with E-state index < -0.39 is 18.1 Å². The standard InChI is InChI=1S/C19H23N7O3/c20-18(28)16-9-12(27)10-26(16)19(29)14-11-25(15-6-2-1-5-13(14)15)8-4-3-7-17-21-23-24-22-17/h1-2,5-6,11-12,16,27H,3-4,7-10H2,(H2,20,28)(H,21,22,23,24). The monoisotopic (exact) mass is 397 g/mol. The fourth-order valence-corrected chi connectivity index (χ4v) is 3.92. The van der Waals surface area contributed by atoms with E-state index in [9.17, 15) is 14.7 Å². The average molecular weight is 397 g/mol. The summed E-state index contributed by atoms with van der Waals surface area (Å²) in [6, 6.07) is 6.89. The summed E-state index contributed by atoms with van der Waals surface area (Å²) in [5.41, 5.74) is 6.91. The topological polar surface area (TPSA) is 143 Å². The predicted octanol–water partition coefficient (Wildman–Crippen LogP) is 0.238. The Hall–Kier alpha value is -3.27. The summed E-state index contributed by atoms with van der Waals surface area (Å²) in [7, 11) is 0. The van der Waals surface area contributed by atoms with Crippen molar-refractivity contribution in [2.45, 2.75) is 44.4 Å². The number of carbonyl (C=O) groups excluding carboxylic acids is 2. The van der Waals surface area contributed by atoms with E-state index >= 15 is 0 Å². The lowest BCUT2D eigenvalue weighted by Gasteiger charge is -2.21. The highest BCUT2D eigenvalue weighted by molar-refractivity contribution is 6.08. The van der Waals surface area contributed by atoms with E-state index in [2.05, 4.69) is 20.6 Å². The number of nitrogens with two attached hydrogens (primary N) is 1. The van der Waals surface area contributed by atoms with Gasteiger partial charge in [0.2, 0.25) is 5.91 Å². The summed E-state index contributed by atoms with van der Waals surface area (Å²) in [6.07, 6.45) is 3.80. The van der Waals surface area contributed by atoms with Crippen molar-refractivity contribution in [3.8, 4) is 0 Å². The van der Waals surface area contributed by atoms with Crippen LogP contribution in [0.15, 0.2) is 30.5 Å². The Morgan fingerprint density at radius 3 is 2.86 bits per heavy atom. The number of primary amides is 1. The van der Waals surface area contributed by atoms with E-state index in [4.69, 9.17) is 5.73 Å². The fourth-order valence-electron chi connectivity index (χ4n) is 3.92. The summed E-state index contributed by atoms with van der Waals surface area (Å²) in [4.78, 5) is 26.3. The van der Waals surface area contributed by atoms with Crippen LogP contribution < -0.4 is 5.73 Å². The lowest BCUT2D eigenvalue weighted by atomic mass is 10.1. The van der Waals surface area contributed by atoms with Crippen LogP contribution >= 0.6 is 0 Å². The number of amides is 2. The molecular weight excluding hydrogens is 374 g/mol. The molecule has 0 spiro atoms. The number of β-amino-alcohol motifs (C(OH)–C–C–N with tert-alkyl or cyclic N) is 1. The third-order valence-corrected chi connectivity index (χ3v) is 5.34. The zero-order chi connectivity index (χ0) is 20.4. The van der Waals surface area contributed by atoms with Gasteiger partial charge in [0.25, 0.3) is 5.91 Å². The molecule has 4 rings (SSSR count). The molecule has 0 bridgehead atoms. The van der Waals surface area contributed by atoms with E-state index in [1.165, 1.54) is 4.90 Å². The van der Waals surface area contributed by atoms with Gasteiger partial charge in [-0.3, -0.25) is 9.59 Å². The van der Waals surface area contributed by atoms with Crippen molar-refractivity contribution >= 4 is 22.7 Å². The Labute approximate surface area is 166 Å². The number of tetrazole rings is 1. The smallest absolute Gasteiger partial charge is 0.256 e. The van der Waals surface area contributed by atoms with Crippen LogP contribution in [0, 0.1) is 0 Å². The molecule has 10 heteroatoms. The number of nitrogens with one attached hydrogen (secondary N) is 1. The number of hydrogen-bond acceptors (Lipinski definition) is 6. The second-order valence-electron chi connectivity index (χ2n) is 7.32. The molecule has 3 aromatic rings. The number of hydrogen-bond donors (Lipinski definition) is 3. The number of aromatic amines is 1. The Bertz CT molecular complexity index is 1010. The van der Waals surface area contributed by atoms with Gasteiger partial charge in [-0.1, -0.05) is 18.2 Å². The Morgan fingerprint density at radius 2 is 2.10 bits per heavy atom. The molecule has 1 aliphatic rings. The van der Waals surface area contributed by atoms with E-state index in [1.54, 1.807) is 0 Å². The summed E-state index contributed by atoms with van der Waals surface area (Å²) in [5, 5.41) is 24.5. The van der Waals surface area contributed by atoms with Crippen LogP contribution in [0.4, 0.5) is 0 Å². The number of likely N-dealkylation sites (tertiary alicyclic amines) is 1. The highest BCUT2D eigenvalue weighted by atomic mass is 16.3. The van der Waals surface area contributed by atoms with Crippen molar-refractivity contribution in [3.05, 3.63) is 41.9 Å². The molecule has 0 saturated carbocycles.